The van der Waals surface area contributed by atoms with Crippen molar-refractivity contribution in [1.29, 1.82) is 0 Å². The van der Waals surface area contributed by atoms with E-state index in [-0.39, 0.29) is 11.9 Å². The Balaban J connectivity index is 1.59. The van der Waals surface area contributed by atoms with E-state index in [1.54, 1.807) is 0 Å². The molecular weight excluding hydrogens is 442 g/mol. The van der Waals surface area contributed by atoms with Crippen molar-refractivity contribution in [3.63, 3.8) is 0 Å². The minimum Gasteiger partial charge on any atom is -0.490 e. The topological polar surface area (TPSA) is 47.6 Å². The third-order valence-electron chi connectivity index (χ3n) is 5.16. The highest BCUT2D eigenvalue weighted by Gasteiger charge is 2.20. The molecule has 154 valence electrons. The van der Waals surface area contributed by atoms with Crippen LogP contribution in [0.15, 0.2) is 77.3 Å². The van der Waals surface area contributed by atoms with Crippen LogP contribution in [0.2, 0.25) is 0 Å². The molecule has 1 unspecified atom stereocenters. The molecule has 0 fully saturated rings. The number of aryl methyl sites for hydroxylation is 1. The summed E-state index contributed by atoms with van der Waals surface area (Å²) in [5, 5.41) is 3.22. The molecule has 1 aliphatic rings. The molecule has 0 bridgehead atoms. The average molecular weight is 466 g/mol. The molecular formula is C25H24BrNO3. The molecule has 3 aromatic rings. The van der Waals surface area contributed by atoms with Gasteiger partial charge in [-0.25, -0.2) is 0 Å². The van der Waals surface area contributed by atoms with Crippen LogP contribution in [0.5, 0.6) is 11.5 Å². The molecule has 0 saturated heterocycles. The molecule has 1 heterocycles. The summed E-state index contributed by atoms with van der Waals surface area (Å²) < 4.78 is 12.4. The molecule has 0 spiro atoms. The molecule has 1 N–H and O–H groups in total. The monoisotopic (exact) mass is 465 g/mol. The lowest BCUT2D eigenvalue weighted by Gasteiger charge is -2.21. The van der Waals surface area contributed by atoms with Crippen LogP contribution in [0.3, 0.4) is 0 Å². The zero-order chi connectivity index (χ0) is 20.8. The number of fused-ring (bicyclic) bond motifs is 1. The number of carbonyl (C=O) groups excluding carboxylic acids is 1. The molecule has 0 saturated carbocycles. The Kier molecular flexibility index (Phi) is 6.70. The average Bonchev–Trinajstić information content (AvgIpc) is 3.02. The molecule has 4 nitrogen and oxygen atoms in total. The van der Waals surface area contributed by atoms with E-state index in [0.717, 1.165) is 40.8 Å². The van der Waals surface area contributed by atoms with Crippen molar-refractivity contribution in [3.05, 3.63) is 94.0 Å². The maximum Gasteiger partial charge on any atom is 0.252 e. The maximum atomic E-state index is 13.0. The van der Waals surface area contributed by atoms with Crippen molar-refractivity contribution < 1.29 is 14.3 Å². The third kappa shape index (κ3) is 5.03. The maximum absolute atomic E-state index is 13.0. The summed E-state index contributed by atoms with van der Waals surface area (Å²) in [7, 11) is 0. The molecule has 0 radical (unpaired) electrons. The molecule has 0 aliphatic carbocycles. The van der Waals surface area contributed by atoms with Crippen molar-refractivity contribution in [3.8, 4) is 11.5 Å². The van der Waals surface area contributed by atoms with Gasteiger partial charge >= 0.3 is 0 Å². The van der Waals surface area contributed by atoms with E-state index in [0.29, 0.717) is 18.8 Å². The number of rotatable bonds is 6. The molecule has 1 amide bonds. The van der Waals surface area contributed by atoms with Crippen molar-refractivity contribution in [2.75, 3.05) is 13.2 Å². The fourth-order valence-electron chi connectivity index (χ4n) is 3.56. The molecule has 5 heteroatoms. The summed E-state index contributed by atoms with van der Waals surface area (Å²) in [6, 6.07) is 23.6. The second-order valence-corrected chi connectivity index (χ2v) is 8.14. The van der Waals surface area contributed by atoms with Gasteiger partial charge in [-0.15, -0.1) is 0 Å². The van der Waals surface area contributed by atoms with Crippen LogP contribution in [0.25, 0.3) is 0 Å². The summed E-state index contributed by atoms with van der Waals surface area (Å²) in [5.74, 6) is 1.40. The largest absolute Gasteiger partial charge is 0.490 e. The fraction of sp³-hybridized carbons (Fsp3) is 0.240. The Bertz CT molecular complexity index is 1010. The number of carbonyl (C=O) groups is 1. The van der Waals surface area contributed by atoms with Gasteiger partial charge in [0, 0.05) is 10.9 Å². The van der Waals surface area contributed by atoms with Gasteiger partial charge in [0.15, 0.2) is 11.5 Å². The number of hydrogen-bond acceptors (Lipinski definition) is 3. The van der Waals surface area contributed by atoms with E-state index >= 15 is 0 Å². The first kappa shape index (κ1) is 20.5. The highest BCUT2D eigenvalue weighted by atomic mass is 79.9. The Labute approximate surface area is 185 Å². The van der Waals surface area contributed by atoms with Crippen LogP contribution in [-0.2, 0) is 6.42 Å². The Morgan fingerprint density at radius 2 is 1.67 bits per heavy atom. The Morgan fingerprint density at radius 1 is 0.933 bits per heavy atom. The number of halogens is 1. The summed E-state index contributed by atoms with van der Waals surface area (Å²) in [6.07, 6.45) is 2.50. The standard InChI is InChI=1S/C25H24BrNO3/c26-21-10-5-4-9-20(21)25(28)27-22(13-11-18-7-2-1-3-8-18)19-12-14-23-24(17-19)30-16-6-15-29-23/h1-5,7-10,12,14,17,22H,6,11,13,15-16H2,(H,27,28). The van der Waals surface area contributed by atoms with Crippen molar-refractivity contribution >= 4 is 21.8 Å². The predicted octanol–water partition coefficient (Wildman–Crippen LogP) is 5.71. The minimum atomic E-state index is -0.151. The molecule has 4 rings (SSSR count). The van der Waals surface area contributed by atoms with Gasteiger partial charge < -0.3 is 14.8 Å². The molecule has 1 atom stereocenters. The van der Waals surface area contributed by atoms with Crippen LogP contribution in [-0.4, -0.2) is 19.1 Å². The van der Waals surface area contributed by atoms with Gasteiger partial charge in [-0.3, -0.25) is 4.79 Å². The number of hydrogen-bond donors (Lipinski definition) is 1. The fourth-order valence-corrected chi connectivity index (χ4v) is 4.02. The lowest BCUT2D eigenvalue weighted by atomic mass is 9.98. The van der Waals surface area contributed by atoms with Crippen LogP contribution < -0.4 is 14.8 Å². The van der Waals surface area contributed by atoms with Gasteiger partial charge in [0.1, 0.15) is 0 Å². The van der Waals surface area contributed by atoms with Crippen molar-refractivity contribution in [2.45, 2.75) is 25.3 Å². The van der Waals surface area contributed by atoms with Crippen LogP contribution in [0.4, 0.5) is 0 Å². The number of ether oxygens (including phenoxy) is 2. The zero-order valence-corrected chi connectivity index (χ0v) is 18.2. The van der Waals surface area contributed by atoms with Gasteiger partial charge in [-0.2, -0.15) is 0 Å². The van der Waals surface area contributed by atoms with Crippen molar-refractivity contribution in [1.82, 2.24) is 5.32 Å². The summed E-state index contributed by atoms with van der Waals surface area (Å²) in [5.41, 5.74) is 2.87. The Hall–Kier alpha value is -2.79. The normalized spacial score (nSPS) is 13.9. The highest BCUT2D eigenvalue weighted by molar-refractivity contribution is 9.10. The van der Waals surface area contributed by atoms with E-state index in [4.69, 9.17) is 9.47 Å². The van der Waals surface area contributed by atoms with Gasteiger partial charge in [-0.1, -0.05) is 48.5 Å². The molecule has 30 heavy (non-hydrogen) atoms. The van der Waals surface area contributed by atoms with Crippen LogP contribution in [0, 0.1) is 0 Å². The van der Waals surface area contributed by atoms with Gasteiger partial charge in [0.05, 0.1) is 24.8 Å². The van der Waals surface area contributed by atoms with Gasteiger partial charge in [0.25, 0.3) is 5.91 Å². The van der Waals surface area contributed by atoms with E-state index in [1.165, 1.54) is 5.56 Å². The minimum absolute atomic E-state index is 0.104. The molecule has 0 aromatic heterocycles. The number of nitrogens with one attached hydrogen (secondary N) is 1. The summed E-state index contributed by atoms with van der Waals surface area (Å²) >= 11 is 3.48. The quantitative estimate of drug-likeness (QED) is 0.506. The summed E-state index contributed by atoms with van der Waals surface area (Å²) in [6.45, 7) is 1.29. The number of amides is 1. The second kappa shape index (κ2) is 9.81. The van der Waals surface area contributed by atoms with Crippen LogP contribution >= 0.6 is 15.9 Å². The van der Waals surface area contributed by atoms with Gasteiger partial charge in [-0.05, 0) is 64.2 Å². The Morgan fingerprint density at radius 3 is 2.47 bits per heavy atom. The first-order valence-corrected chi connectivity index (χ1v) is 11.0. The molecule has 1 aliphatic heterocycles. The van der Waals surface area contributed by atoms with E-state index in [9.17, 15) is 4.79 Å². The van der Waals surface area contributed by atoms with E-state index < -0.39 is 0 Å². The molecule has 3 aromatic carbocycles. The van der Waals surface area contributed by atoms with Gasteiger partial charge in [0.2, 0.25) is 0 Å². The zero-order valence-electron chi connectivity index (χ0n) is 16.6. The smallest absolute Gasteiger partial charge is 0.252 e. The second-order valence-electron chi connectivity index (χ2n) is 7.29. The highest BCUT2D eigenvalue weighted by Crippen LogP contribution is 2.33. The third-order valence-corrected chi connectivity index (χ3v) is 5.85. The lowest BCUT2D eigenvalue weighted by Crippen LogP contribution is -2.29. The first-order valence-electron chi connectivity index (χ1n) is 10.2. The SMILES string of the molecule is O=C(NC(CCc1ccccc1)c1ccc2c(c1)OCCCO2)c1ccccc1Br. The number of benzene rings is 3. The lowest BCUT2D eigenvalue weighted by molar-refractivity contribution is 0.0933. The van der Waals surface area contributed by atoms with Crippen molar-refractivity contribution in [2.24, 2.45) is 0 Å². The van der Waals surface area contributed by atoms with Crippen LogP contribution in [0.1, 0.15) is 40.4 Å². The van der Waals surface area contributed by atoms with E-state index in [1.807, 2.05) is 60.7 Å². The first-order chi connectivity index (χ1) is 14.7. The predicted molar refractivity (Wildman–Crippen MR) is 121 cm³/mol. The summed E-state index contributed by atoms with van der Waals surface area (Å²) in [4.78, 5) is 13.0. The van der Waals surface area contributed by atoms with E-state index in [2.05, 4.69) is 33.4 Å².